The van der Waals surface area contributed by atoms with E-state index in [9.17, 15) is 14.1 Å². The van der Waals surface area contributed by atoms with Crippen molar-refractivity contribution in [3.05, 3.63) is 65.2 Å². The number of rotatable bonds is 12. The molecule has 3 atom stereocenters. The van der Waals surface area contributed by atoms with Crippen molar-refractivity contribution in [1.29, 1.82) is 0 Å². The molecule has 0 saturated carbocycles. The number of nitrogens with one attached hydrogen (secondary N) is 2. The van der Waals surface area contributed by atoms with Crippen LogP contribution in [0.4, 0.5) is 5.95 Å². The molecule has 0 amide bonds. The van der Waals surface area contributed by atoms with E-state index in [1.54, 1.807) is 12.1 Å². The number of carboxylic acids is 1. The summed E-state index contributed by atoms with van der Waals surface area (Å²) in [7, 11) is -1.80. The molecule has 4 rings (SSSR count). The monoisotopic (exact) mass is 622 g/mol. The highest BCUT2D eigenvalue weighted by atomic mass is 32.2. The van der Waals surface area contributed by atoms with Crippen molar-refractivity contribution >= 4 is 22.9 Å². The van der Waals surface area contributed by atoms with Crippen LogP contribution in [0.3, 0.4) is 0 Å². The molecule has 1 aromatic heterocycles. The quantitative estimate of drug-likeness (QED) is 0.207. The molecule has 0 radical (unpaired) electrons. The van der Waals surface area contributed by atoms with E-state index in [0.29, 0.717) is 29.0 Å². The van der Waals surface area contributed by atoms with Gasteiger partial charge in [0.2, 0.25) is 11.8 Å². The van der Waals surface area contributed by atoms with Gasteiger partial charge in [-0.1, -0.05) is 45.0 Å². The van der Waals surface area contributed by atoms with Crippen molar-refractivity contribution in [2.24, 2.45) is 11.3 Å². The van der Waals surface area contributed by atoms with Gasteiger partial charge in [-0.05, 0) is 94.2 Å². The number of benzene rings is 2. The molecule has 1 fully saturated rings. The summed E-state index contributed by atoms with van der Waals surface area (Å²) in [5.41, 5.74) is 3.71. The summed E-state index contributed by atoms with van der Waals surface area (Å²) < 4.78 is 28.4. The molecule has 1 aliphatic heterocycles. The number of aromatic carboxylic acids is 1. The molecule has 3 aromatic rings. The van der Waals surface area contributed by atoms with Gasteiger partial charge in [-0.2, -0.15) is 4.98 Å². The third kappa shape index (κ3) is 9.58. The zero-order valence-corrected chi connectivity index (χ0v) is 27.7. The minimum atomic E-state index is -1.80. The molecule has 0 spiro atoms. The van der Waals surface area contributed by atoms with E-state index in [1.165, 1.54) is 12.1 Å². The Balaban J connectivity index is 1.58. The molecule has 44 heavy (non-hydrogen) atoms. The van der Waals surface area contributed by atoms with Gasteiger partial charge in [-0.3, -0.25) is 4.72 Å². The second-order valence-electron chi connectivity index (χ2n) is 13.5. The third-order valence-electron chi connectivity index (χ3n) is 7.70. The zero-order valence-electron chi connectivity index (χ0n) is 26.9. The van der Waals surface area contributed by atoms with Crippen molar-refractivity contribution in [3.63, 3.8) is 0 Å². The second-order valence-corrected chi connectivity index (χ2v) is 14.7. The second kappa shape index (κ2) is 14.2. The predicted octanol–water partition coefficient (Wildman–Crippen LogP) is 6.57. The van der Waals surface area contributed by atoms with Crippen LogP contribution in [-0.2, 0) is 15.7 Å². The van der Waals surface area contributed by atoms with Crippen LogP contribution >= 0.6 is 0 Å². The highest BCUT2D eigenvalue weighted by molar-refractivity contribution is 7.86. The summed E-state index contributed by atoms with van der Waals surface area (Å²) >= 11 is 0. The number of nitrogens with zero attached hydrogens (tertiary/aromatic N) is 2. The van der Waals surface area contributed by atoms with Gasteiger partial charge in [0, 0.05) is 24.3 Å². The van der Waals surface area contributed by atoms with E-state index in [0.717, 1.165) is 49.1 Å². The number of aromatic nitrogens is 2. The van der Waals surface area contributed by atoms with E-state index in [4.69, 9.17) is 14.5 Å². The first kappa shape index (κ1) is 33.6. The van der Waals surface area contributed by atoms with Crippen molar-refractivity contribution in [2.75, 3.05) is 24.5 Å². The number of ether oxygens (including phenoxy) is 2. The van der Waals surface area contributed by atoms with Crippen LogP contribution in [-0.4, -0.2) is 56.7 Å². The minimum Gasteiger partial charge on any atom is -0.478 e. The number of hydrogen-bond donors (Lipinski definition) is 3. The fourth-order valence-electron chi connectivity index (χ4n) is 5.76. The lowest BCUT2D eigenvalue weighted by Crippen LogP contribution is -2.43. The number of aryl methyl sites for hydroxylation is 2. The maximum atomic E-state index is 13.3. The number of anilines is 1. The molecule has 10 heteroatoms. The Bertz CT molecular complexity index is 1470. The van der Waals surface area contributed by atoms with Crippen LogP contribution in [0.5, 0.6) is 5.88 Å². The molecular weight excluding hydrogens is 576 g/mol. The van der Waals surface area contributed by atoms with Crippen molar-refractivity contribution in [2.45, 2.75) is 84.3 Å². The molecule has 2 aromatic carbocycles. The highest BCUT2D eigenvalue weighted by Gasteiger charge is 2.29. The third-order valence-corrected chi connectivity index (χ3v) is 8.75. The number of carboxylic acid groups (broad SMARTS) is 1. The average molecular weight is 623 g/mol. The molecular formula is C34H46N4O5S. The Morgan fingerprint density at radius 2 is 1.84 bits per heavy atom. The number of hydrogen-bond acceptors (Lipinski definition) is 7. The Morgan fingerprint density at radius 1 is 1.14 bits per heavy atom. The molecule has 0 bridgehead atoms. The standard InChI is InChI=1S/C34H46N4O5S/c1-22-10-8-11-23(2)30(22)28-17-29(37-32(36-28)38-44(41)27-13-9-12-25(16-27)31(39)40)42-21-26(19-33(3,4)5)35-20-24-14-15-43-34(6,7)18-24/h8-13,16-17,24,26,35H,14-15,18-21H2,1-7H3,(H,39,40)(H,36,37,38). The molecule has 9 nitrogen and oxygen atoms in total. The van der Waals surface area contributed by atoms with E-state index < -0.39 is 17.0 Å². The maximum Gasteiger partial charge on any atom is 0.335 e. The Morgan fingerprint density at radius 3 is 2.50 bits per heavy atom. The van der Waals surface area contributed by atoms with Gasteiger partial charge >= 0.3 is 5.97 Å². The van der Waals surface area contributed by atoms with Gasteiger partial charge in [0.1, 0.15) is 6.61 Å². The summed E-state index contributed by atoms with van der Waals surface area (Å²) in [6, 6.07) is 13.9. The van der Waals surface area contributed by atoms with Crippen molar-refractivity contribution in [1.82, 2.24) is 15.3 Å². The van der Waals surface area contributed by atoms with Gasteiger partial charge in [0.15, 0.2) is 11.0 Å². The average Bonchev–Trinajstić information content (AvgIpc) is 2.93. The SMILES string of the molecule is Cc1cccc(C)c1-c1cc(OCC(CC(C)(C)C)NCC2CCOC(C)(C)C2)nc(NS(=O)c2cccc(C(=O)O)c2)n1. The molecule has 238 valence electrons. The maximum absolute atomic E-state index is 13.3. The van der Waals surface area contributed by atoms with Gasteiger partial charge in [0.05, 0.1) is 21.8 Å². The van der Waals surface area contributed by atoms with E-state index in [-0.39, 0.29) is 28.6 Å². The summed E-state index contributed by atoms with van der Waals surface area (Å²) in [4.78, 5) is 21.0. The van der Waals surface area contributed by atoms with Gasteiger partial charge in [-0.25, -0.2) is 14.0 Å². The van der Waals surface area contributed by atoms with Gasteiger partial charge < -0.3 is 19.9 Å². The summed E-state index contributed by atoms with van der Waals surface area (Å²) in [6.07, 6.45) is 2.95. The summed E-state index contributed by atoms with van der Waals surface area (Å²) in [5.74, 6) is -0.0681. The first-order chi connectivity index (χ1) is 20.7. The van der Waals surface area contributed by atoms with E-state index in [1.807, 2.05) is 38.1 Å². The topological polar surface area (TPSA) is 123 Å². The lowest BCUT2D eigenvalue weighted by molar-refractivity contribution is -0.0723. The first-order valence-corrected chi connectivity index (χ1v) is 16.3. The summed E-state index contributed by atoms with van der Waals surface area (Å²) in [5, 5.41) is 13.1. The highest BCUT2D eigenvalue weighted by Crippen LogP contribution is 2.31. The molecule has 3 unspecified atom stereocenters. The lowest BCUT2D eigenvalue weighted by Gasteiger charge is -2.36. The van der Waals surface area contributed by atoms with Gasteiger partial charge in [-0.15, -0.1) is 0 Å². The van der Waals surface area contributed by atoms with Crippen molar-refractivity contribution < 1.29 is 23.6 Å². The molecule has 2 heterocycles. The number of carbonyl (C=O) groups is 1. The van der Waals surface area contributed by atoms with Crippen LogP contribution in [0.2, 0.25) is 0 Å². The Hall–Kier alpha value is -3.34. The van der Waals surface area contributed by atoms with Crippen LogP contribution < -0.4 is 14.8 Å². The molecule has 1 aliphatic rings. The van der Waals surface area contributed by atoms with Crippen molar-refractivity contribution in [3.8, 4) is 17.1 Å². The van der Waals surface area contributed by atoms with Crippen LogP contribution in [0, 0.1) is 25.2 Å². The molecule has 0 aliphatic carbocycles. The van der Waals surface area contributed by atoms with Crippen LogP contribution in [0.15, 0.2) is 53.4 Å². The fourth-order valence-corrected chi connectivity index (χ4v) is 6.57. The first-order valence-electron chi connectivity index (χ1n) is 15.2. The molecule has 1 saturated heterocycles. The molecule has 3 N–H and O–H groups in total. The Labute approximate surface area is 263 Å². The van der Waals surface area contributed by atoms with E-state index >= 15 is 0 Å². The lowest BCUT2D eigenvalue weighted by atomic mass is 9.86. The zero-order chi connectivity index (χ0) is 32.1. The fraction of sp³-hybridized carbons (Fsp3) is 0.500. The van der Waals surface area contributed by atoms with Gasteiger partial charge in [0.25, 0.3) is 0 Å². The van der Waals surface area contributed by atoms with E-state index in [2.05, 4.69) is 49.6 Å². The van der Waals surface area contributed by atoms with Crippen LogP contribution in [0.1, 0.15) is 75.4 Å². The Kier molecular flexibility index (Phi) is 10.8. The smallest absolute Gasteiger partial charge is 0.335 e. The largest absolute Gasteiger partial charge is 0.478 e. The summed E-state index contributed by atoms with van der Waals surface area (Å²) in [6.45, 7) is 17.1. The minimum absolute atomic E-state index is 0.0496. The van der Waals surface area contributed by atoms with Crippen LogP contribution in [0.25, 0.3) is 11.3 Å². The predicted molar refractivity (Wildman–Crippen MR) is 174 cm³/mol. The normalized spacial score (nSPS) is 17.9.